The average Bonchev–Trinajstić information content (AvgIpc) is 2.41. The van der Waals surface area contributed by atoms with Crippen LogP contribution in [0.4, 0.5) is 5.69 Å². The number of nitro groups is 1. The molecule has 8 heteroatoms. The lowest BCUT2D eigenvalue weighted by Crippen LogP contribution is -2.00. The lowest BCUT2D eigenvalue weighted by atomic mass is 10.2. The molecule has 20 heavy (non-hydrogen) atoms. The molecule has 1 aromatic heterocycles. The van der Waals surface area contributed by atoms with Gasteiger partial charge in [0.25, 0.3) is 0 Å². The third kappa shape index (κ3) is 2.83. The molecule has 0 aliphatic carbocycles. The van der Waals surface area contributed by atoms with E-state index in [1.54, 1.807) is 0 Å². The van der Waals surface area contributed by atoms with Crippen LogP contribution in [0, 0.1) is 10.1 Å². The number of pyridine rings is 1. The summed E-state index contributed by atoms with van der Waals surface area (Å²) in [4.78, 5) is 24.9. The van der Waals surface area contributed by atoms with Crippen molar-refractivity contribution in [3.05, 3.63) is 57.4 Å². The topological polar surface area (TPSA) is 103 Å². The van der Waals surface area contributed by atoms with Gasteiger partial charge < -0.3 is 9.84 Å². The highest BCUT2D eigenvalue weighted by Crippen LogP contribution is 2.34. The van der Waals surface area contributed by atoms with Gasteiger partial charge in [0.15, 0.2) is 0 Å². The van der Waals surface area contributed by atoms with E-state index in [0.717, 1.165) is 18.2 Å². The van der Waals surface area contributed by atoms with Crippen LogP contribution in [0.2, 0.25) is 5.02 Å². The van der Waals surface area contributed by atoms with Crippen LogP contribution in [0.1, 0.15) is 10.4 Å². The number of halogens is 1. The predicted molar refractivity (Wildman–Crippen MR) is 69.4 cm³/mol. The van der Waals surface area contributed by atoms with Gasteiger partial charge in [0.1, 0.15) is 10.8 Å². The van der Waals surface area contributed by atoms with Crippen molar-refractivity contribution in [3.8, 4) is 11.5 Å². The van der Waals surface area contributed by atoms with Crippen molar-refractivity contribution in [3.63, 3.8) is 0 Å². The lowest BCUT2D eigenvalue weighted by Gasteiger charge is -2.08. The molecule has 0 saturated heterocycles. The summed E-state index contributed by atoms with van der Waals surface area (Å²) in [6.07, 6.45) is 2.71. The molecule has 2 rings (SSSR count). The summed E-state index contributed by atoms with van der Waals surface area (Å²) < 4.78 is 5.32. The molecule has 0 atom stereocenters. The van der Waals surface area contributed by atoms with Crippen LogP contribution >= 0.6 is 11.6 Å². The number of nitrogens with zero attached hydrogens (tertiary/aromatic N) is 2. The summed E-state index contributed by atoms with van der Waals surface area (Å²) in [5, 5.41) is 20.0. The first kappa shape index (κ1) is 13.8. The standard InChI is InChI=1S/C12H7ClN2O5/c13-8-6-14-4-3-10(8)20-11-5-7(12(16)17)1-2-9(11)15(18)19/h1-6H,(H,16,17). The molecular weight excluding hydrogens is 288 g/mol. The summed E-state index contributed by atoms with van der Waals surface area (Å²) >= 11 is 5.83. The van der Waals surface area contributed by atoms with E-state index in [1.165, 1.54) is 18.5 Å². The van der Waals surface area contributed by atoms with Crippen molar-refractivity contribution in [1.29, 1.82) is 0 Å². The minimum absolute atomic E-state index is 0.129. The van der Waals surface area contributed by atoms with Crippen LogP contribution in [-0.2, 0) is 0 Å². The second-order valence-corrected chi connectivity index (χ2v) is 4.06. The third-order valence-corrected chi connectivity index (χ3v) is 2.64. The van der Waals surface area contributed by atoms with Gasteiger partial charge in [-0.2, -0.15) is 0 Å². The fourth-order valence-corrected chi connectivity index (χ4v) is 1.60. The number of carbonyl (C=O) groups is 1. The maximum atomic E-state index is 10.9. The summed E-state index contributed by atoms with van der Waals surface area (Å²) in [6, 6.07) is 4.67. The number of carboxylic acid groups (broad SMARTS) is 1. The van der Waals surface area contributed by atoms with Gasteiger partial charge in [-0.05, 0) is 6.07 Å². The molecule has 7 nitrogen and oxygen atoms in total. The normalized spacial score (nSPS) is 10.1. The molecule has 0 aliphatic rings. The van der Waals surface area contributed by atoms with E-state index in [2.05, 4.69) is 4.98 Å². The van der Waals surface area contributed by atoms with E-state index >= 15 is 0 Å². The van der Waals surface area contributed by atoms with Crippen molar-refractivity contribution in [2.75, 3.05) is 0 Å². The van der Waals surface area contributed by atoms with Crippen LogP contribution in [0.25, 0.3) is 0 Å². The Kier molecular flexibility index (Phi) is 3.81. The zero-order valence-electron chi connectivity index (χ0n) is 9.82. The lowest BCUT2D eigenvalue weighted by molar-refractivity contribution is -0.385. The molecule has 0 unspecified atom stereocenters. The Balaban J connectivity index is 2.48. The predicted octanol–water partition coefficient (Wildman–Crippen LogP) is 3.13. The van der Waals surface area contributed by atoms with Crippen molar-refractivity contribution < 1.29 is 19.6 Å². The zero-order chi connectivity index (χ0) is 14.7. The van der Waals surface area contributed by atoms with E-state index in [1.807, 2.05) is 0 Å². The van der Waals surface area contributed by atoms with Crippen molar-refractivity contribution in [2.45, 2.75) is 0 Å². The van der Waals surface area contributed by atoms with E-state index in [0.29, 0.717) is 0 Å². The van der Waals surface area contributed by atoms with E-state index < -0.39 is 10.9 Å². The number of ether oxygens (including phenoxy) is 1. The number of rotatable bonds is 4. The Bertz CT molecular complexity index is 689. The summed E-state index contributed by atoms with van der Waals surface area (Å²) in [7, 11) is 0. The van der Waals surface area contributed by atoms with Gasteiger partial charge in [0, 0.05) is 30.6 Å². The second kappa shape index (κ2) is 5.54. The number of aromatic carboxylic acids is 1. The van der Waals surface area contributed by atoms with Gasteiger partial charge in [0.05, 0.1) is 10.5 Å². The Hall–Kier alpha value is -2.67. The van der Waals surface area contributed by atoms with Gasteiger partial charge in [-0.1, -0.05) is 11.6 Å². The van der Waals surface area contributed by atoms with Crippen molar-refractivity contribution in [2.24, 2.45) is 0 Å². The van der Waals surface area contributed by atoms with E-state index in [4.69, 9.17) is 21.4 Å². The van der Waals surface area contributed by atoms with E-state index in [-0.39, 0.29) is 27.8 Å². The number of carboxylic acids is 1. The molecule has 0 amide bonds. The summed E-state index contributed by atoms with van der Waals surface area (Å²) in [5.74, 6) is -1.28. The first-order valence-corrected chi connectivity index (χ1v) is 5.66. The molecule has 0 radical (unpaired) electrons. The van der Waals surface area contributed by atoms with Crippen LogP contribution in [-0.4, -0.2) is 21.0 Å². The van der Waals surface area contributed by atoms with Gasteiger partial charge in [-0.3, -0.25) is 15.1 Å². The van der Waals surface area contributed by atoms with Crippen LogP contribution < -0.4 is 4.74 Å². The Morgan fingerprint density at radius 3 is 2.70 bits per heavy atom. The molecule has 1 aromatic carbocycles. The van der Waals surface area contributed by atoms with Gasteiger partial charge in [-0.15, -0.1) is 0 Å². The molecule has 1 N–H and O–H groups in total. The fraction of sp³-hybridized carbons (Fsp3) is 0. The van der Waals surface area contributed by atoms with Gasteiger partial charge >= 0.3 is 11.7 Å². The second-order valence-electron chi connectivity index (χ2n) is 3.65. The zero-order valence-corrected chi connectivity index (χ0v) is 10.6. The molecule has 1 heterocycles. The van der Waals surface area contributed by atoms with E-state index in [9.17, 15) is 14.9 Å². The monoisotopic (exact) mass is 294 g/mol. The largest absolute Gasteiger partial charge is 0.478 e. The van der Waals surface area contributed by atoms with Crippen LogP contribution in [0.15, 0.2) is 36.7 Å². The van der Waals surface area contributed by atoms with Crippen LogP contribution in [0.3, 0.4) is 0 Å². The highest BCUT2D eigenvalue weighted by atomic mass is 35.5. The Morgan fingerprint density at radius 2 is 2.10 bits per heavy atom. The molecule has 0 aliphatic heterocycles. The van der Waals surface area contributed by atoms with Gasteiger partial charge in [0.2, 0.25) is 5.75 Å². The van der Waals surface area contributed by atoms with Crippen molar-refractivity contribution >= 4 is 23.3 Å². The molecule has 2 aromatic rings. The highest BCUT2D eigenvalue weighted by molar-refractivity contribution is 6.31. The minimum Gasteiger partial charge on any atom is -0.478 e. The van der Waals surface area contributed by atoms with Gasteiger partial charge in [-0.25, -0.2) is 4.79 Å². The number of nitro benzene ring substituents is 1. The molecule has 0 bridgehead atoms. The molecule has 0 fully saturated rings. The quantitative estimate of drug-likeness (QED) is 0.686. The average molecular weight is 295 g/mol. The highest BCUT2D eigenvalue weighted by Gasteiger charge is 2.19. The molecule has 0 spiro atoms. The van der Waals surface area contributed by atoms with Crippen molar-refractivity contribution in [1.82, 2.24) is 4.98 Å². The SMILES string of the molecule is O=C(O)c1ccc([N+](=O)[O-])c(Oc2ccncc2Cl)c1. The Morgan fingerprint density at radius 1 is 1.35 bits per heavy atom. The fourth-order valence-electron chi connectivity index (χ4n) is 1.44. The maximum Gasteiger partial charge on any atom is 0.335 e. The molecular formula is C12H7ClN2O5. The van der Waals surface area contributed by atoms with Crippen LogP contribution in [0.5, 0.6) is 11.5 Å². The maximum absolute atomic E-state index is 10.9. The number of aromatic nitrogens is 1. The smallest absolute Gasteiger partial charge is 0.335 e. The third-order valence-electron chi connectivity index (χ3n) is 2.36. The minimum atomic E-state index is -1.22. The first-order chi connectivity index (χ1) is 9.49. The summed E-state index contributed by atoms with van der Waals surface area (Å²) in [5.41, 5.74) is -0.487. The number of benzene rings is 1. The molecule has 102 valence electrons. The number of hydrogen-bond donors (Lipinski definition) is 1. The number of hydrogen-bond acceptors (Lipinski definition) is 5. The molecule has 0 saturated carbocycles. The first-order valence-electron chi connectivity index (χ1n) is 5.28. The summed E-state index contributed by atoms with van der Waals surface area (Å²) in [6.45, 7) is 0. The Labute approximate surface area is 117 Å².